The Hall–Kier alpha value is -5.76. The van der Waals surface area contributed by atoms with Crippen molar-refractivity contribution in [1.29, 1.82) is 0 Å². The third kappa shape index (κ3) is 14.0. The lowest BCUT2D eigenvalue weighted by molar-refractivity contribution is -0.140. The van der Waals surface area contributed by atoms with E-state index in [1.165, 1.54) is 6.92 Å². The summed E-state index contributed by atoms with van der Waals surface area (Å²) in [5.74, 6) is -6.80. The second kappa shape index (κ2) is 22.8. The molecule has 3 aromatic rings. The molecule has 0 unspecified atom stereocenters. The predicted octanol–water partition coefficient (Wildman–Crippen LogP) is -1.21. The number of ketones is 1. The highest BCUT2D eigenvalue weighted by Crippen LogP contribution is 2.22. The van der Waals surface area contributed by atoms with E-state index in [0.717, 1.165) is 16.7 Å². The number of halogens is 1. The van der Waals surface area contributed by atoms with Crippen LogP contribution in [-0.2, 0) is 28.8 Å². The summed E-state index contributed by atoms with van der Waals surface area (Å²) >= 11 is 5.96. The Bertz CT molecular complexity index is 1880. The van der Waals surface area contributed by atoms with Crippen LogP contribution in [0.5, 0.6) is 0 Å². The zero-order chi connectivity index (χ0) is 42.9. The van der Waals surface area contributed by atoms with Crippen LogP contribution in [0.4, 0.5) is 0 Å². The molecular weight excluding hydrogens is 772 g/mol. The molecule has 7 atom stereocenters. The number of benzene rings is 3. The quantitative estimate of drug-likeness (QED) is 0.0343. The fraction of sp³-hybridized carbons (Fsp3) is 0.359. The van der Waals surface area contributed by atoms with E-state index in [1.54, 1.807) is 73.7 Å². The number of Topliss-reactive ketones (excluding diaryl/α,β-unsaturated/α-hetero) is 1. The molecule has 312 valence electrons. The molecule has 0 aliphatic rings. The highest BCUT2D eigenvalue weighted by molar-refractivity contribution is 6.38. The van der Waals surface area contributed by atoms with Gasteiger partial charge in [0.15, 0.2) is 6.17 Å². The van der Waals surface area contributed by atoms with Crippen LogP contribution < -0.4 is 54.8 Å². The molecule has 15 N–H and O–H groups in total. The van der Waals surface area contributed by atoms with Gasteiger partial charge in [-0.05, 0) is 80.6 Å². The van der Waals surface area contributed by atoms with E-state index in [1.807, 2.05) is 12.1 Å². The van der Waals surface area contributed by atoms with Crippen molar-refractivity contribution in [2.24, 2.45) is 22.9 Å². The van der Waals surface area contributed by atoms with E-state index in [-0.39, 0.29) is 25.1 Å². The highest BCUT2D eigenvalue weighted by atomic mass is 35.5. The minimum absolute atomic E-state index is 0.0125. The fourth-order valence-corrected chi connectivity index (χ4v) is 5.60. The Balaban J connectivity index is 1.59. The molecule has 0 fully saturated rings. The van der Waals surface area contributed by atoms with Crippen LogP contribution in [-0.4, -0.2) is 96.0 Å². The summed E-state index contributed by atoms with van der Waals surface area (Å²) in [7, 11) is 0. The van der Waals surface area contributed by atoms with Crippen LogP contribution in [0.15, 0.2) is 78.9 Å². The Kier molecular flexibility index (Phi) is 18.4. The average Bonchev–Trinajstić information content (AvgIpc) is 3.21. The largest absolute Gasteiger partial charge is 0.391 e. The van der Waals surface area contributed by atoms with Gasteiger partial charge in [-0.25, -0.2) is 0 Å². The number of amides is 6. The first-order valence-corrected chi connectivity index (χ1v) is 18.8. The SMILES string of the molecule is C[C@H](NC(=O)C(=O)[C@H](N)NC(=O)[C@H](CCCCN)NC(=O)[C@H](N)NC(=O)[C@@H](NC(=O)[C@H](CN)NC(=O)c1ccc(-c2ccc(Cl)cc2)cc1)[C@@H](C)O)c1ccccc1. The summed E-state index contributed by atoms with van der Waals surface area (Å²) in [6, 6.07) is 17.6. The molecule has 0 aliphatic heterocycles. The number of aliphatic hydroxyl groups excluding tert-OH is 1. The number of unbranched alkanes of at least 4 members (excludes halogenated alkanes) is 1. The van der Waals surface area contributed by atoms with E-state index < -0.39 is 83.8 Å². The fourth-order valence-electron chi connectivity index (χ4n) is 5.47. The van der Waals surface area contributed by atoms with Gasteiger partial charge in [-0.2, -0.15) is 0 Å². The number of rotatable bonds is 21. The summed E-state index contributed by atoms with van der Waals surface area (Å²) < 4.78 is 0. The van der Waals surface area contributed by atoms with Gasteiger partial charge in [-0.15, -0.1) is 0 Å². The van der Waals surface area contributed by atoms with Gasteiger partial charge in [0.25, 0.3) is 23.5 Å². The first kappa shape index (κ1) is 46.6. The molecule has 0 bridgehead atoms. The molecule has 18 nitrogen and oxygen atoms in total. The molecular formula is C39H51ClN10O8. The minimum atomic E-state index is -1.81. The van der Waals surface area contributed by atoms with Crippen molar-refractivity contribution in [2.45, 2.75) is 75.7 Å². The number of hydrogen-bond acceptors (Lipinski definition) is 12. The van der Waals surface area contributed by atoms with Crippen molar-refractivity contribution in [3.05, 3.63) is 95.0 Å². The van der Waals surface area contributed by atoms with Crippen molar-refractivity contribution < 1.29 is 38.7 Å². The number of carbonyl (C=O) groups excluding carboxylic acids is 7. The number of hydrogen-bond donors (Lipinski definition) is 11. The maximum absolute atomic E-state index is 13.2. The molecule has 58 heavy (non-hydrogen) atoms. The smallest absolute Gasteiger partial charge is 0.291 e. The van der Waals surface area contributed by atoms with Crippen molar-refractivity contribution in [1.82, 2.24) is 31.9 Å². The van der Waals surface area contributed by atoms with Gasteiger partial charge >= 0.3 is 0 Å². The van der Waals surface area contributed by atoms with E-state index in [9.17, 15) is 38.7 Å². The number of carbonyl (C=O) groups is 7. The Morgan fingerprint density at radius 1 is 0.638 bits per heavy atom. The summed E-state index contributed by atoms with van der Waals surface area (Å²) in [5.41, 5.74) is 25.8. The molecule has 0 spiro atoms. The summed E-state index contributed by atoms with van der Waals surface area (Å²) in [4.78, 5) is 90.9. The molecule has 19 heteroatoms. The molecule has 3 aromatic carbocycles. The lowest BCUT2D eigenvalue weighted by Crippen LogP contribution is -2.63. The van der Waals surface area contributed by atoms with Crippen LogP contribution in [0, 0.1) is 0 Å². The molecule has 0 radical (unpaired) electrons. The highest BCUT2D eigenvalue weighted by Gasteiger charge is 2.33. The molecule has 6 amide bonds. The first-order chi connectivity index (χ1) is 27.6. The summed E-state index contributed by atoms with van der Waals surface area (Å²) in [6.07, 6.45) is -4.27. The van der Waals surface area contributed by atoms with Crippen molar-refractivity contribution >= 4 is 52.8 Å². The topological polar surface area (TPSA) is 316 Å². The van der Waals surface area contributed by atoms with E-state index in [0.29, 0.717) is 17.9 Å². The number of aliphatic hydroxyl groups is 1. The van der Waals surface area contributed by atoms with Crippen molar-refractivity contribution in [2.75, 3.05) is 13.1 Å². The number of nitrogens with two attached hydrogens (primary N) is 4. The normalized spacial score (nSPS) is 14.6. The van der Waals surface area contributed by atoms with Gasteiger partial charge in [0.1, 0.15) is 24.3 Å². The molecule has 0 aromatic heterocycles. The standard InChI is InChI=1S/C39H51ClN10O8/c1-21(23-8-4-3-5-9-23)45-38(57)31(52)32(43)49-35(54)28(10-6-7-19-41)46-39(58)33(44)50-37(56)30(22(2)51)48-36(55)29(20-42)47-34(53)26-13-11-24(12-14-26)25-15-17-27(40)18-16-25/h3-5,8-9,11-18,21-22,28-30,32-33,51H,6-7,10,19-20,41-44H2,1-2H3,(H,45,57)(H,46,58)(H,47,53)(H,48,55)(H,49,54)(H,50,56)/t21-,22+,28-,29-,30-,32+,33+/m0/s1. The molecule has 3 rings (SSSR count). The zero-order valence-electron chi connectivity index (χ0n) is 32.1. The van der Waals surface area contributed by atoms with Crippen LogP contribution in [0.25, 0.3) is 11.1 Å². The second-order valence-electron chi connectivity index (χ2n) is 13.4. The predicted molar refractivity (Wildman–Crippen MR) is 216 cm³/mol. The lowest BCUT2D eigenvalue weighted by Gasteiger charge is -2.26. The van der Waals surface area contributed by atoms with Crippen molar-refractivity contribution in [3.63, 3.8) is 0 Å². The molecule has 0 saturated carbocycles. The van der Waals surface area contributed by atoms with Crippen LogP contribution in [0.2, 0.25) is 5.02 Å². The average molecular weight is 823 g/mol. The third-order valence-electron chi connectivity index (χ3n) is 8.86. The third-order valence-corrected chi connectivity index (χ3v) is 9.11. The van der Waals surface area contributed by atoms with Crippen LogP contribution in [0.3, 0.4) is 0 Å². The Morgan fingerprint density at radius 2 is 1.21 bits per heavy atom. The monoisotopic (exact) mass is 822 g/mol. The van der Waals surface area contributed by atoms with Gasteiger partial charge in [-0.1, -0.05) is 66.2 Å². The maximum atomic E-state index is 13.2. The maximum Gasteiger partial charge on any atom is 0.291 e. The summed E-state index contributed by atoms with van der Waals surface area (Å²) in [5, 5.41) is 25.0. The van der Waals surface area contributed by atoms with Gasteiger partial charge in [0.05, 0.1) is 12.1 Å². The Morgan fingerprint density at radius 3 is 1.78 bits per heavy atom. The second-order valence-corrected chi connectivity index (χ2v) is 13.8. The van der Waals surface area contributed by atoms with E-state index in [2.05, 4.69) is 31.9 Å². The zero-order valence-corrected chi connectivity index (χ0v) is 32.8. The van der Waals surface area contributed by atoms with Gasteiger partial charge in [-0.3, -0.25) is 33.6 Å². The molecule has 0 heterocycles. The van der Waals surface area contributed by atoms with Crippen molar-refractivity contribution in [3.8, 4) is 11.1 Å². The van der Waals surface area contributed by atoms with Gasteiger partial charge < -0.3 is 59.9 Å². The van der Waals surface area contributed by atoms with Gasteiger partial charge in [0, 0.05) is 17.1 Å². The number of nitrogens with one attached hydrogen (secondary N) is 6. The van der Waals surface area contributed by atoms with Crippen LogP contribution >= 0.6 is 11.6 Å². The van der Waals surface area contributed by atoms with E-state index in [4.69, 9.17) is 34.5 Å². The summed E-state index contributed by atoms with van der Waals surface area (Å²) in [6.45, 7) is 2.75. The van der Waals surface area contributed by atoms with Gasteiger partial charge in [0.2, 0.25) is 17.7 Å². The minimum Gasteiger partial charge on any atom is -0.391 e. The van der Waals surface area contributed by atoms with E-state index >= 15 is 0 Å². The molecule has 0 aliphatic carbocycles. The first-order valence-electron chi connectivity index (χ1n) is 18.4. The van der Waals surface area contributed by atoms with Crippen LogP contribution in [0.1, 0.15) is 55.1 Å². The Labute approximate surface area is 340 Å². The lowest BCUT2D eigenvalue weighted by atomic mass is 10.0. The molecule has 0 saturated heterocycles.